The Morgan fingerprint density at radius 2 is 1.68 bits per heavy atom. The molecule has 0 atom stereocenters. The van der Waals surface area contributed by atoms with Crippen molar-refractivity contribution in [2.75, 3.05) is 32.7 Å². The predicted octanol–water partition coefficient (Wildman–Crippen LogP) is -0.262. The minimum Gasteiger partial charge on any atom is -0.340 e. The summed E-state index contributed by atoms with van der Waals surface area (Å²) in [5.41, 5.74) is 0. The average Bonchev–Trinajstić information content (AvgIpc) is 2.75. The van der Waals surface area contributed by atoms with Gasteiger partial charge in [0.1, 0.15) is 6.54 Å². The molecule has 2 heterocycles. The van der Waals surface area contributed by atoms with Gasteiger partial charge in [0, 0.05) is 32.5 Å². The van der Waals surface area contributed by atoms with Crippen LogP contribution in [0.1, 0.15) is 32.1 Å². The van der Waals surface area contributed by atoms with E-state index in [1.54, 1.807) is 4.90 Å². The molecule has 19 heavy (non-hydrogen) atoms. The second-order valence-electron chi connectivity index (χ2n) is 5.07. The Hall–Kier alpha value is -1.43. The van der Waals surface area contributed by atoms with E-state index >= 15 is 0 Å². The van der Waals surface area contributed by atoms with Gasteiger partial charge in [-0.3, -0.25) is 19.3 Å². The minimum atomic E-state index is -0.205. The number of amides is 3. The summed E-state index contributed by atoms with van der Waals surface area (Å²) >= 11 is 0. The van der Waals surface area contributed by atoms with Gasteiger partial charge in [-0.1, -0.05) is 0 Å². The summed E-state index contributed by atoms with van der Waals surface area (Å²) in [5, 5.41) is 3.22. The van der Waals surface area contributed by atoms with Crippen LogP contribution in [-0.2, 0) is 14.4 Å². The number of likely N-dealkylation sites (tertiary alicyclic amines) is 1. The van der Waals surface area contributed by atoms with Crippen molar-refractivity contribution in [2.45, 2.75) is 32.1 Å². The quantitative estimate of drug-likeness (QED) is 0.700. The third-order valence-electron chi connectivity index (χ3n) is 3.62. The highest BCUT2D eigenvalue weighted by Crippen LogP contribution is 2.13. The molecule has 1 N–H and O–H groups in total. The van der Waals surface area contributed by atoms with Crippen LogP contribution in [0.4, 0.5) is 0 Å². The Morgan fingerprint density at radius 3 is 2.37 bits per heavy atom. The van der Waals surface area contributed by atoms with Crippen molar-refractivity contribution in [1.29, 1.82) is 0 Å². The number of rotatable bonds is 2. The molecule has 106 valence electrons. The third kappa shape index (κ3) is 3.76. The predicted molar refractivity (Wildman–Crippen MR) is 69.3 cm³/mol. The Kier molecular flexibility index (Phi) is 4.90. The van der Waals surface area contributed by atoms with E-state index in [1.165, 1.54) is 0 Å². The van der Waals surface area contributed by atoms with E-state index in [9.17, 15) is 14.4 Å². The fourth-order valence-corrected chi connectivity index (χ4v) is 2.47. The molecule has 2 aliphatic heterocycles. The molecule has 0 radical (unpaired) electrons. The van der Waals surface area contributed by atoms with Crippen LogP contribution < -0.4 is 5.32 Å². The van der Waals surface area contributed by atoms with Crippen LogP contribution in [0.3, 0.4) is 0 Å². The van der Waals surface area contributed by atoms with Crippen molar-refractivity contribution >= 4 is 17.7 Å². The minimum absolute atomic E-state index is 0.0856. The second kappa shape index (κ2) is 6.65. The van der Waals surface area contributed by atoms with Gasteiger partial charge in [0.05, 0.1) is 0 Å². The number of nitrogens with one attached hydrogen (secondary N) is 1. The molecule has 0 unspecified atom stereocenters. The smallest absolute Gasteiger partial charge is 0.242 e. The first kappa shape index (κ1) is 14.0. The van der Waals surface area contributed by atoms with Crippen LogP contribution in [0.5, 0.6) is 0 Å². The van der Waals surface area contributed by atoms with Gasteiger partial charge < -0.3 is 10.2 Å². The highest BCUT2D eigenvalue weighted by atomic mass is 16.2. The maximum absolute atomic E-state index is 12.2. The van der Waals surface area contributed by atoms with Crippen LogP contribution >= 0.6 is 0 Å². The van der Waals surface area contributed by atoms with Crippen LogP contribution in [-0.4, -0.2) is 60.2 Å². The van der Waals surface area contributed by atoms with Crippen molar-refractivity contribution in [1.82, 2.24) is 15.1 Å². The fourth-order valence-electron chi connectivity index (χ4n) is 2.47. The van der Waals surface area contributed by atoms with Crippen molar-refractivity contribution in [3.63, 3.8) is 0 Å². The SMILES string of the molecule is O=C(CN1C(=O)CCCCC1=O)N1CCCNCC1. The van der Waals surface area contributed by atoms with Crippen LogP contribution in [0, 0.1) is 0 Å². The van der Waals surface area contributed by atoms with Crippen molar-refractivity contribution in [3.05, 3.63) is 0 Å². The Labute approximate surface area is 113 Å². The first-order valence-electron chi connectivity index (χ1n) is 7.00. The van der Waals surface area contributed by atoms with Crippen LogP contribution in [0.2, 0.25) is 0 Å². The zero-order chi connectivity index (χ0) is 13.7. The van der Waals surface area contributed by atoms with Crippen LogP contribution in [0.25, 0.3) is 0 Å². The van der Waals surface area contributed by atoms with Gasteiger partial charge in [0.25, 0.3) is 0 Å². The number of hydrogen-bond donors (Lipinski definition) is 1. The van der Waals surface area contributed by atoms with E-state index in [0.717, 1.165) is 37.3 Å². The highest BCUT2D eigenvalue weighted by Gasteiger charge is 2.28. The summed E-state index contributed by atoms with van der Waals surface area (Å²) in [4.78, 5) is 38.7. The maximum atomic E-state index is 12.2. The molecule has 3 amide bonds. The molecule has 0 aromatic rings. The summed E-state index contributed by atoms with van der Waals surface area (Å²) in [6, 6.07) is 0. The lowest BCUT2D eigenvalue weighted by atomic mass is 10.2. The van der Waals surface area contributed by atoms with E-state index in [1.807, 2.05) is 0 Å². The van der Waals surface area contributed by atoms with Gasteiger partial charge in [-0.15, -0.1) is 0 Å². The van der Waals surface area contributed by atoms with Gasteiger partial charge >= 0.3 is 0 Å². The number of carbonyl (C=O) groups is 3. The Morgan fingerprint density at radius 1 is 1.00 bits per heavy atom. The van der Waals surface area contributed by atoms with E-state index in [-0.39, 0.29) is 24.3 Å². The number of carbonyl (C=O) groups excluding carboxylic acids is 3. The zero-order valence-electron chi connectivity index (χ0n) is 11.2. The molecular weight excluding hydrogens is 246 g/mol. The van der Waals surface area contributed by atoms with E-state index < -0.39 is 0 Å². The molecule has 2 fully saturated rings. The molecular formula is C13H21N3O3. The van der Waals surface area contributed by atoms with Gasteiger partial charge in [-0.2, -0.15) is 0 Å². The normalized spacial score (nSPS) is 22.1. The summed E-state index contributed by atoms with van der Waals surface area (Å²) in [5.74, 6) is -0.528. The molecule has 2 rings (SSSR count). The van der Waals surface area contributed by atoms with Crippen molar-refractivity contribution < 1.29 is 14.4 Å². The third-order valence-corrected chi connectivity index (χ3v) is 3.62. The zero-order valence-corrected chi connectivity index (χ0v) is 11.2. The number of nitrogens with zero attached hydrogens (tertiary/aromatic N) is 2. The average molecular weight is 267 g/mol. The van der Waals surface area contributed by atoms with Gasteiger partial charge in [-0.05, 0) is 25.8 Å². The van der Waals surface area contributed by atoms with E-state index in [0.29, 0.717) is 25.9 Å². The number of hydrogen-bond acceptors (Lipinski definition) is 4. The lowest BCUT2D eigenvalue weighted by Gasteiger charge is -2.24. The lowest BCUT2D eigenvalue weighted by molar-refractivity contribution is -0.149. The van der Waals surface area contributed by atoms with Crippen molar-refractivity contribution in [2.24, 2.45) is 0 Å². The summed E-state index contributed by atoms with van der Waals surface area (Å²) in [6.07, 6.45) is 3.14. The molecule has 0 aromatic carbocycles. The fraction of sp³-hybridized carbons (Fsp3) is 0.769. The maximum Gasteiger partial charge on any atom is 0.242 e. The van der Waals surface area contributed by atoms with Gasteiger partial charge in [0.2, 0.25) is 17.7 Å². The summed E-state index contributed by atoms with van der Waals surface area (Å²) < 4.78 is 0. The number of imide groups is 1. The standard InChI is InChI=1S/C13H21N3O3/c17-11-4-1-2-5-12(18)16(11)10-13(19)15-8-3-6-14-7-9-15/h14H,1-10H2. The first-order chi connectivity index (χ1) is 9.18. The molecule has 0 bridgehead atoms. The van der Waals surface area contributed by atoms with Crippen LogP contribution in [0.15, 0.2) is 0 Å². The molecule has 0 spiro atoms. The van der Waals surface area contributed by atoms with Crippen molar-refractivity contribution in [3.8, 4) is 0 Å². The largest absolute Gasteiger partial charge is 0.340 e. The molecule has 2 aliphatic rings. The van der Waals surface area contributed by atoms with Gasteiger partial charge in [0.15, 0.2) is 0 Å². The monoisotopic (exact) mass is 267 g/mol. The topological polar surface area (TPSA) is 69.7 Å². The molecule has 0 aromatic heterocycles. The van der Waals surface area contributed by atoms with Gasteiger partial charge in [-0.25, -0.2) is 0 Å². The molecule has 2 saturated heterocycles. The first-order valence-corrected chi connectivity index (χ1v) is 7.00. The molecule has 6 nitrogen and oxygen atoms in total. The molecule has 0 aliphatic carbocycles. The molecule has 6 heteroatoms. The second-order valence-corrected chi connectivity index (χ2v) is 5.07. The van der Waals surface area contributed by atoms with E-state index in [2.05, 4.69) is 5.32 Å². The summed E-state index contributed by atoms with van der Waals surface area (Å²) in [6.45, 7) is 2.94. The Bertz CT molecular complexity index is 344. The van der Waals surface area contributed by atoms with E-state index in [4.69, 9.17) is 0 Å². The Balaban J connectivity index is 1.95. The lowest BCUT2D eigenvalue weighted by Crippen LogP contribution is -2.45. The highest BCUT2D eigenvalue weighted by molar-refractivity contribution is 5.99. The summed E-state index contributed by atoms with van der Waals surface area (Å²) in [7, 11) is 0. The molecule has 0 saturated carbocycles.